The van der Waals surface area contributed by atoms with Crippen LogP contribution in [0.4, 0.5) is 11.4 Å². The Labute approximate surface area is 222 Å². The lowest BCUT2D eigenvalue weighted by Gasteiger charge is -2.27. The molecule has 1 amide bonds. The standard InChI is InChI=1S/C26H29N3O7S2/c1-35-21-11-9-20(10-12-21)28-37(31,32)23-8-6-7-19(17-23)26(30)27-24-14-13-22(36-2)18-25(24)38(33,34)29-15-4-3-5-16-29/h6-14,17-18,28H,3-5,15-16H2,1-2H3,(H,27,30). The van der Waals surface area contributed by atoms with Crippen LogP contribution in [0.5, 0.6) is 11.5 Å². The topological polar surface area (TPSA) is 131 Å². The normalized spacial score (nSPS) is 14.5. The fourth-order valence-corrected chi connectivity index (χ4v) is 6.85. The van der Waals surface area contributed by atoms with E-state index < -0.39 is 26.0 Å². The minimum atomic E-state index is -4.01. The molecule has 1 saturated heterocycles. The number of hydrogen-bond acceptors (Lipinski definition) is 7. The number of methoxy groups -OCH3 is 2. The molecule has 0 atom stereocenters. The number of anilines is 2. The predicted molar refractivity (Wildman–Crippen MR) is 144 cm³/mol. The van der Waals surface area contributed by atoms with Gasteiger partial charge in [0.2, 0.25) is 10.0 Å². The first-order valence-electron chi connectivity index (χ1n) is 11.9. The zero-order valence-electron chi connectivity index (χ0n) is 21.0. The quantitative estimate of drug-likeness (QED) is 0.406. The summed E-state index contributed by atoms with van der Waals surface area (Å²) in [6, 6.07) is 16.2. The molecular formula is C26H29N3O7S2. The van der Waals surface area contributed by atoms with E-state index in [0.717, 1.165) is 19.3 Å². The summed E-state index contributed by atoms with van der Waals surface area (Å²) in [5.41, 5.74) is 0.442. The van der Waals surface area contributed by atoms with Gasteiger partial charge in [-0.3, -0.25) is 9.52 Å². The molecule has 12 heteroatoms. The van der Waals surface area contributed by atoms with E-state index in [4.69, 9.17) is 9.47 Å². The highest BCUT2D eigenvalue weighted by Gasteiger charge is 2.29. The molecule has 4 rings (SSSR count). The zero-order valence-corrected chi connectivity index (χ0v) is 22.6. The van der Waals surface area contributed by atoms with Crippen LogP contribution in [-0.2, 0) is 20.0 Å². The number of carbonyl (C=O) groups excluding carboxylic acids is 1. The highest BCUT2D eigenvalue weighted by molar-refractivity contribution is 7.92. The second-order valence-electron chi connectivity index (χ2n) is 8.64. The molecule has 1 heterocycles. The maximum absolute atomic E-state index is 13.4. The van der Waals surface area contributed by atoms with Gasteiger partial charge in [-0.05, 0) is 67.4 Å². The van der Waals surface area contributed by atoms with Gasteiger partial charge in [0.15, 0.2) is 0 Å². The van der Waals surface area contributed by atoms with Crippen LogP contribution in [0.3, 0.4) is 0 Å². The summed E-state index contributed by atoms with van der Waals surface area (Å²) in [7, 11) is -4.97. The number of hydrogen-bond donors (Lipinski definition) is 2. The van der Waals surface area contributed by atoms with Gasteiger partial charge in [-0.1, -0.05) is 12.5 Å². The number of benzene rings is 3. The van der Waals surface area contributed by atoms with Crippen LogP contribution in [0.25, 0.3) is 0 Å². The Hall–Kier alpha value is -3.61. The third-order valence-electron chi connectivity index (χ3n) is 6.12. The second kappa shape index (κ2) is 11.4. The van der Waals surface area contributed by atoms with E-state index in [1.165, 1.54) is 54.9 Å². The Balaban J connectivity index is 1.59. The van der Waals surface area contributed by atoms with E-state index >= 15 is 0 Å². The van der Waals surface area contributed by atoms with Gasteiger partial charge in [0.25, 0.3) is 15.9 Å². The average molecular weight is 560 g/mol. The van der Waals surface area contributed by atoms with Gasteiger partial charge in [0.1, 0.15) is 16.4 Å². The van der Waals surface area contributed by atoms with E-state index in [-0.39, 0.29) is 21.0 Å². The van der Waals surface area contributed by atoms with Crippen LogP contribution in [0.15, 0.2) is 76.5 Å². The molecule has 0 unspecified atom stereocenters. The Morgan fingerprint density at radius 1 is 0.816 bits per heavy atom. The van der Waals surface area contributed by atoms with Crippen molar-refractivity contribution >= 4 is 37.3 Å². The van der Waals surface area contributed by atoms with Gasteiger partial charge in [0, 0.05) is 30.4 Å². The fourth-order valence-electron chi connectivity index (χ4n) is 4.06. The molecule has 1 aliphatic rings. The number of piperidine rings is 1. The maximum atomic E-state index is 13.4. The number of ether oxygens (including phenoxy) is 2. The number of nitrogens with one attached hydrogen (secondary N) is 2. The van der Waals surface area contributed by atoms with Gasteiger partial charge in [-0.25, -0.2) is 16.8 Å². The Kier molecular flexibility index (Phi) is 8.24. The minimum Gasteiger partial charge on any atom is -0.497 e. The number of carbonyl (C=O) groups is 1. The van der Waals surface area contributed by atoms with Crippen molar-refractivity contribution in [3.8, 4) is 11.5 Å². The Morgan fingerprint density at radius 2 is 1.47 bits per heavy atom. The van der Waals surface area contributed by atoms with Crippen molar-refractivity contribution in [2.24, 2.45) is 0 Å². The van der Waals surface area contributed by atoms with Crippen molar-refractivity contribution in [2.45, 2.75) is 29.1 Å². The molecule has 0 bridgehead atoms. The van der Waals surface area contributed by atoms with Crippen molar-refractivity contribution in [2.75, 3.05) is 37.3 Å². The average Bonchev–Trinajstić information content (AvgIpc) is 2.94. The predicted octanol–water partition coefficient (Wildman–Crippen LogP) is 3.93. The SMILES string of the molecule is COc1ccc(NS(=O)(=O)c2cccc(C(=O)Nc3ccc(OC)cc3S(=O)(=O)N3CCCCC3)c2)cc1. The first kappa shape index (κ1) is 27.4. The van der Waals surface area contributed by atoms with Crippen LogP contribution in [0.2, 0.25) is 0 Å². The van der Waals surface area contributed by atoms with E-state index in [0.29, 0.717) is 30.3 Å². The molecule has 0 saturated carbocycles. The molecule has 3 aromatic carbocycles. The van der Waals surface area contributed by atoms with Gasteiger partial charge >= 0.3 is 0 Å². The molecule has 0 radical (unpaired) electrons. The third kappa shape index (κ3) is 6.09. The fraction of sp³-hybridized carbons (Fsp3) is 0.269. The summed E-state index contributed by atoms with van der Waals surface area (Å²) in [4.78, 5) is 12.9. The number of amides is 1. The molecule has 0 aromatic heterocycles. The zero-order chi connectivity index (χ0) is 27.3. The molecule has 2 N–H and O–H groups in total. The van der Waals surface area contributed by atoms with Crippen molar-refractivity contribution in [1.82, 2.24) is 4.31 Å². The van der Waals surface area contributed by atoms with Crippen LogP contribution in [-0.4, -0.2) is 54.4 Å². The van der Waals surface area contributed by atoms with Gasteiger partial charge in [-0.15, -0.1) is 0 Å². The molecule has 0 spiro atoms. The maximum Gasteiger partial charge on any atom is 0.261 e. The molecule has 3 aromatic rings. The molecule has 202 valence electrons. The third-order valence-corrected chi connectivity index (χ3v) is 9.44. The van der Waals surface area contributed by atoms with Crippen LogP contribution < -0.4 is 19.5 Å². The van der Waals surface area contributed by atoms with Crippen molar-refractivity contribution in [1.29, 1.82) is 0 Å². The number of nitrogens with zero attached hydrogens (tertiary/aromatic N) is 1. The van der Waals surface area contributed by atoms with Crippen molar-refractivity contribution in [3.63, 3.8) is 0 Å². The van der Waals surface area contributed by atoms with Crippen LogP contribution in [0, 0.1) is 0 Å². The van der Waals surface area contributed by atoms with Crippen molar-refractivity contribution < 1.29 is 31.1 Å². The Bertz CT molecular complexity index is 1520. The molecule has 0 aliphatic carbocycles. The monoisotopic (exact) mass is 559 g/mol. The second-order valence-corrected chi connectivity index (χ2v) is 12.2. The van der Waals surface area contributed by atoms with Gasteiger partial charge < -0.3 is 14.8 Å². The van der Waals surface area contributed by atoms with Gasteiger partial charge in [0.05, 0.1) is 24.8 Å². The number of sulfonamides is 2. The minimum absolute atomic E-state index is 0.0414. The highest BCUT2D eigenvalue weighted by atomic mass is 32.2. The summed E-state index contributed by atoms with van der Waals surface area (Å²) >= 11 is 0. The summed E-state index contributed by atoms with van der Waals surface area (Å²) in [5, 5.41) is 2.63. The lowest BCUT2D eigenvalue weighted by atomic mass is 10.2. The molecule has 38 heavy (non-hydrogen) atoms. The van der Waals surface area contributed by atoms with E-state index in [2.05, 4.69) is 10.0 Å². The molecule has 1 fully saturated rings. The molecular weight excluding hydrogens is 530 g/mol. The lowest BCUT2D eigenvalue weighted by Crippen LogP contribution is -2.36. The Morgan fingerprint density at radius 3 is 2.13 bits per heavy atom. The van der Waals surface area contributed by atoms with E-state index in [9.17, 15) is 21.6 Å². The van der Waals surface area contributed by atoms with E-state index in [1.54, 1.807) is 30.3 Å². The summed E-state index contributed by atoms with van der Waals surface area (Å²) in [6.45, 7) is 0.794. The molecule has 10 nitrogen and oxygen atoms in total. The van der Waals surface area contributed by atoms with Crippen LogP contribution >= 0.6 is 0 Å². The largest absolute Gasteiger partial charge is 0.497 e. The summed E-state index contributed by atoms with van der Waals surface area (Å²) in [5.74, 6) is 0.245. The van der Waals surface area contributed by atoms with Gasteiger partial charge in [-0.2, -0.15) is 4.31 Å². The first-order chi connectivity index (χ1) is 18.1. The van der Waals surface area contributed by atoms with E-state index in [1.807, 2.05) is 0 Å². The molecule has 1 aliphatic heterocycles. The summed E-state index contributed by atoms with van der Waals surface area (Å²) < 4.78 is 66.9. The smallest absolute Gasteiger partial charge is 0.261 e. The highest BCUT2D eigenvalue weighted by Crippen LogP contribution is 2.31. The summed E-state index contributed by atoms with van der Waals surface area (Å²) in [6.07, 6.45) is 2.48. The number of rotatable bonds is 9. The first-order valence-corrected chi connectivity index (χ1v) is 14.8. The van der Waals surface area contributed by atoms with Crippen LogP contribution in [0.1, 0.15) is 29.6 Å². The lowest BCUT2D eigenvalue weighted by molar-refractivity contribution is 0.102. The van der Waals surface area contributed by atoms with Crippen molar-refractivity contribution in [3.05, 3.63) is 72.3 Å².